The summed E-state index contributed by atoms with van der Waals surface area (Å²) in [6.07, 6.45) is 2.27. The van der Waals surface area contributed by atoms with Crippen LogP contribution in [0, 0.1) is 0 Å². The molecule has 7 heteroatoms. The molecule has 2 aromatic rings. The fourth-order valence-electron chi connectivity index (χ4n) is 2.06. The van der Waals surface area contributed by atoms with Crippen molar-refractivity contribution in [2.24, 2.45) is 12.8 Å². The zero-order chi connectivity index (χ0) is 14.8. The molecule has 0 saturated carbocycles. The third-order valence-corrected chi connectivity index (χ3v) is 5.37. The first-order valence-electron chi connectivity index (χ1n) is 6.31. The zero-order valence-electron chi connectivity index (χ0n) is 11.5. The standard InChI is InChI=1S/C13H19N3O2S2/c1-10(5-11-3-4-19-9-11)15-20(17,18)13-6-12(7-14)16(2)8-13/h3-4,6,8-10,15H,5,7,14H2,1-2H3. The van der Waals surface area contributed by atoms with Gasteiger partial charge in [-0.1, -0.05) is 0 Å². The highest BCUT2D eigenvalue weighted by molar-refractivity contribution is 7.89. The van der Waals surface area contributed by atoms with Crippen molar-refractivity contribution in [3.8, 4) is 0 Å². The normalized spacial score (nSPS) is 13.6. The van der Waals surface area contributed by atoms with Gasteiger partial charge in [0, 0.05) is 31.5 Å². The molecular formula is C13H19N3O2S2. The molecule has 5 nitrogen and oxygen atoms in total. The topological polar surface area (TPSA) is 77.1 Å². The molecule has 1 unspecified atom stereocenters. The lowest BCUT2D eigenvalue weighted by Crippen LogP contribution is -2.33. The highest BCUT2D eigenvalue weighted by atomic mass is 32.2. The van der Waals surface area contributed by atoms with Gasteiger partial charge in [-0.2, -0.15) is 11.3 Å². The van der Waals surface area contributed by atoms with Gasteiger partial charge in [-0.3, -0.25) is 0 Å². The highest BCUT2D eigenvalue weighted by Crippen LogP contribution is 2.15. The van der Waals surface area contributed by atoms with Crippen LogP contribution in [0.3, 0.4) is 0 Å². The number of aryl methyl sites for hydroxylation is 1. The lowest BCUT2D eigenvalue weighted by Gasteiger charge is -2.12. The van der Waals surface area contributed by atoms with Gasteiger partial charge in [0.1, 0.15) is 0 Å². The molecule has 0 aliphatic heterocycles. The summed E-state index contributed by atoms with van der Waals surface area (Å²) in [6, 6.07) is 3.46. The van der Waals surface area contributed by atoms with Gasteiger partial charge >= 0.3 is 0 Å². The molecule has 1 atom stereocenters. The molecule has 2 heterocycles. The number of hydrogen-bond acceptors (Lipinski definition) is 4. The van der Waals surface area contributed by atoms with Crippen LogP contribution < -0.4 is 10.5 Å². The number of nitrogens with two attached hydrogens (primary N) is 1. The van der Waals surface area contributed by atoms with Crippen molar-refractivity contribution in [1.29, 1.82) is 0 Å². The minimum atomic E-state index is -3.50. The number of hydrogen-bond donors (Lipinski definition) is 2. The number of sulfonamides is 1. The monoisotopic (exact) mass is 313 g/mol. The van der Waals surface area contributed by atoms with Gasteiger partial charge in [0.25, 0.3) is 0 Å². The maximum absolute atomic E-state index is 12.3. The van der Waals surface area contributed by atoms with Crippen LogP contribution in [-0.4, -0.2) is 19.0 Å². The van der Waals surface area contributed by atoms with Crippen LogP contribution in [0.25, 0.3) is 0 Å². The molecule has 0 aromatic carbocycles. The molecular weight excluding hydrogens is 294 g/mol. The Balaban J connectivity index is 2.10. The van der Waals surface area contributed by atoms with Gasteiger partial charge in [0.15, 0.2) is 0 Å². The van der Waals surface area contributed by atoms with E-state index in [2.05, 4.69) is 4.72 Å². The number of rotatable bonds is 6. The molecule has 3 N–H and O–H groups in total. The second kappa shape index (κ2) is 6.09. The smallest absolute Gasteiger partial charge is 0.242 e. The fourth-order valence-corrected chi connectivity index (χ4v) is 4.08. The number of nitrogens with zero attached hydrogens (tertiary/aromatic N) is 1. The molecule has 110 valence electrons. The molecule has 20 heavy (non-hydrogen) atoms. The lowest BCUT2D eigenvalue weighted by molar-refractivity contribution is 0.560. The Morgan fingerprint density at radius 3 is 2.80 bits per heavy atom. The predicted molar refractivity (Wildman–Crippen MR) is 81.1 cm³/mol. The van der Waals surface area contributed by atoms with Crippen LogP contribution >= 0.6 is 11.3 Å². The van der Waals surface area contributed by atoms with Crippen LogP contribution in [0.4, 0.5) is 0 Å². The van der Waals surface area contributed by atoms with Crippen molar-refractivity contribution in [2.45, 2.75) is 30.8 Å². The Morgan fingerprint density at radius 1 is 1.50 bits per heavy atom. The van der Waals surface area contributed by atoms with Crippen molar-refractivity contribution >= 4 is 21.4 Å². The molecule has 2 rings (SSSR count). The van der Waals surface area contributed by atoms with Crippen LogP contribution in [0.15, 0.2) is 34.0 Å². The predicted octanol–water partition coefficient (Wildman–Crippen LogP) is 1.45. The fraction of sp³-hybridized carbons (Fsp3) is 0.385. The van der Waals surface area contributed by atoms with E-state index in [0.717, 1.165) is 11.3 Å². The van der Waals surface area contributed by atoms with E-state index in [9.17, 15) is 8.42 Å². The summed E-state index contributed by atoms with van der Waals surface area (Å²) in [6.45, 7) is 2.18. The first-order chi connectivity index (χ1) is 9.42. The average molecular weight is 313 g/mol. The minimum Gasteiger partial charge on any atom is -0.352 e. The summed E-state index contributed by atoms with van der Waals surface area (Å²) in [7, 11) is -1.71. The van der Waals surface area contributed by atoms with Gasteiger partial charge in [0.05, 0.1) is 4.90 Å². The van der Waals surface area contributed by atoms with Gasteiger partial charge < -0.3 is 10.3 Å². The van der Waals surface area contributed by atoms with E-state index in [1.165, 1.54) is 0 Å². The maximum Gasteiger partial charge on any atom is 0.242 e. The van der Waals surface area contributed by atoms with E-state index >= 15 is 0 Å². The van der Waals surface area contributed by atoms with Gasteiger partial charge in [-0.05, 0) is 41.8 Å². The van der Waals surface area contributed by atoms with Crippen molar-refractivity contribution in [1.82, 2.24) is 9.29 Å². The SMILES string of the molecule is CC(Cc1ccsc1)NS(=O)(=O)c1cc(CN)n(C)c1. The van der Waals surface area contributed by atoms with Gasteiger partial charge in [-0.25, -0.2) is 13.1 Å². The third kappa shape index (κ3) is 3.49. The van der Waals surface area contributed by atoms with Crippen LogP contribution in [0.1, 0.15) is 18.2 Å². The summed E-state index contributed by atoms with van der Waals surface area (Å²) in [4.78, 5) is 0.262. The molecule has 0 fully saturated rings. The highest BCUT2D eigenvalue weighted by Gasteiger charge is 2.20. The molecule has 0 amide bonds. The van der Waals surface area contributed by atoms with Gasteiger partial charge in [-0.15, -0.1) is 0 Å². The summed E-state index contributed by atoms with van der Waals surface area (Å²) >= 11 is 1.61. The number of nitrogens with one attached hydrogen (secondary N) is 1. The molecule has 2 aromatic heterocycles. The van der Waals surface area contributed by atoms with Crippen molar-refractivity contribution in [2.75, 3.05) is 0 Å². The average Bonchev–Trinajstić information content (AvgIpc) is 2.97. The van der Waals surface area contributed by atoms with E-state index in [4.69, 9.17) is 5.73 Å². The minimum absolute atomic E-state index is 0.156. The molecule has 0 saturated heterocycles. The molecule has 0 aliphatic carbocycles. The molecule has 0 bridgehead atoms. The van der Waals surface area contributed by atoms with Crippen LogP contribution in [-0.2, 0) is 30.0 Å². The Kier molecular flexibility index (Phi) is 4.64. The summed E-state index contributed by atoms with van der Waals surface area (Å²) in [5, 5.41) is 4.01. The number of aromatic nitrogens is 1. The van der Waals surface area contributed by atoms with Crippen molar-refractivity contribution in [3.63, 3.8) is 0 Å². The quantitative estimate of drug-likeness (QED) is 0.847. The van der Waals surface area contributed by atoms with E-state index in [1.807, 2.05) is 23.8 Å². The van der Waals surface area contributed by atoms with E-state index in [0.29, 0.717) is 13.0 Å². The van der Waals surface area contributed by atoms with E-state index in [1.54, 1.807) is 35.2 Å². The maximum atomic E-state index is 12.3. The molecule has 0 spiro atoms. The summed E-state index contributed by atoms with van der Waals surface area (Å²) in [5.41, 5.74) is 7.49. The summed E-state index contributed by atoms with van der Waals surface area (Å²) < 4.78 is 29.0. The van der Waals surface area contributed by atoms with Crippen LogP contribution in [0.5, 0.6) is 0 Å². The molecule has 0 aliphatic rings. The van der Waals surface area contributed by atoms with Crippen molar-refractivity contribution < 1.29 is 8.42 Å². The van der Waals surface area contributed by atoms with E-state index < -0.39 is 10.0 Å². The Hall–Kier alpha value is -1.15. The summed E-state index contributed by atoms with van der Waals surface area (Å²) in [5.74, 6) is 0. The first-order valence-corrected chi connectivity index (χ1v) is 8.73. The largest absolute Gasteiger partial charge is 0.352 e. The Labute approximate surface area is 123 Å². The van der Waals surface area contributed by atoms with E-state index in [-0.39, 0.29) is 10.9 Å². The van der Waals surface area contributed by atoms with Crippen molar-refractivity contribution in [3.05, 3.63) is 40.3 Å². The second-order valence-corrected chi connectivity index (χ2v) is 7.33. The number of thiophene rings is 1. The second-order valence-electron chi connectivity index (χ2n) is 4.84. The Bertz CT molecular complexity index is 660. The van der Waals surface area contributed by atoms with Gasteiger partial charge in [0.2, 0.25) is 10.0 Å². The lowest BCUT2D eigenvalue weighted by atomic mass is 10.1. The first kappa shape index (κ1) is 15.2. The Morgan fingerprint density at radius 2 is 2.25 bits per heavy atom. The zero-order valence-corrected chi connectivity index (χ0v) is 13.2. The van der Waals surface area contributed by atoms with Crippen LogP contribution in [0.2, 0.25) is 0 Å². The third-order valence-electron chi connectivity index (χ3n) is 3.08. The molecule has 0 radical (unpaired) electrons.